The number of aryl methyl sites for hydroxylation is 1. The number of hydrogen-bond acceptors (Lipinski definition) is 2. The Morgan fingerprint density at radius 1 is 1.42 bits per heavy atom. The first-order valence-corrected chi connectivity index (χ1v) is 4.40. The van der Waals surface area contributed by atoms with Gasteiger partial charge in [-0.25, -0.2) is 0 Å². The van der Waals surface area contributed by atoms with Crippen LogP contribution >= 0.6 is 0 Å². The Bertz CT molecular complexity index is 210. The summed E-state index contributed by atoms with van der Waals surface area (Å²) in [5, 5.41) is 9.30. The molecule has 2 heteroatoms. The molecule has 12 heavy (non-hydrogen) atoms. The van der Waals surface area contributed by atoms with Crippen molar-refractivity contribution in [1.82, 2.24) is 4.98 Å². The third kappa shape index (κ3) is 3.01. The lowest BCUT2D eigenvalue weighted by Crippen LogP contribution is -2.05. The number of rotatable bonds is 4. The molecule has 0 saturated heterocycles. The minimum atomic E-state index is -0.154. The fourth-order valence-electron chi connectivity index (χ4n) is 1.09. The second kappa shape index (κ2) is 4.88. The van der Waals surface area contributed by atoms with Crippen molar-refractivity contribution >= 4 is 0 Å². The summed E-state index contributed by atoms with van der Waals surface area (Å²) < 4.78 is 0. The fourth-order valence-corrected chi connectivity index (χ4v) is 1.09. The highest BCUT2D eigenvalue weighted by Gasteiger charge is 2.00. The van der Waals surface area contributed by atoms with Gasteiger partial charge in [0.05, 0.1) is 6.10 Å². The van der Waals surface area contributed by atoms with Crippen LogP contribution in [0.4, 0.5) is 0 Å². The minimum Gasteiger partial charge on any atom is -0.393 e. The second-order valence-corrected chi connectivity index (χ2v) is 2.96. The highest BCUT2D eigenvalue weighted by atomic mass is 16.3. The number of pyridine rings is 1. The van der Waals surface area contributed by atoms with Crippen molar-refractivity contribution in [3.63, 3.8) is 0 Å². The van der Waals surface area contributed by atoms with E-state index in [1.807, 2.05) is 19.1 Å². The van der Waals surface area contributed by atoms with Crippen molar-refractivity contribution < 1.29 is 5.11 Å². The van der Waals surface area contributed by atoms with Gasteiger partial charge in [0, 0.05) is 12.4 Å². The Labute approximate surface area is 73.3 Å². The molecule has 0 fully saturated rings. The minimum absolute atomic E-state index is 0.154. The zero-order valence-corrected chi connectivity index (χ0v) is 7.40. The van der Waals surface area contributed by atoms with E-state index in [1.165, 1.54) is 5.56 Å². The van der Waals surface area contributed by atoms with E-state index in [2.05, 4.69) is 4.98 Å². The molecule has 0 amide bonds. The quantitative estimate of drug-likeness (QED) is 0.737. The van der Waals surface area contributed by atoms with Crippen molar-refractivity contribution in [1.29, 1.82) is 0 Å². The van der Waals surface area contributed by atoms with Gasteiger partial charge in [-0.2, -0.15) is 0 Å². The normalized spacial score (nSPS) is 12.8. The van der Waals surface area contributed by atoms with Gasteiger partial charge in [-0.05, 0) is 37.0 Å². The lowest BCUT2D eigenvalue weighted by Gasteiger charge is -2.06. The van der Waals surface area contributed by atoms with Crippen LogP contribution in [-0.2, 0) is 6.42 Å². The third-order valence-electron chi connectivity index (χ3n) is 1.99. The predicted molar refractivity (Wildman–Crippen MR) is 48.9 cm³/mol. The van der Waals surface area contributed by atoms with Gasteiger partial charge in [-0.15, -0.1) is 0 Å². The molecular weight excluding hydrogens is 150 g/mol. The van der Waals surface area contributed by atoms with Gasteiger partial charge in [0.2, 0.25) is 0 Å². The molecule has 0 aliphatic carbocycles. The monoisotopic (exact) mass is 165 g/mol. The Morgan fingerprint density at radius 2 is 2.08 bits per heavy atom. The molecule has 0 spiro atoms. The Balaban J connectivity index is 2.33. The molecule has 0 aliphatic heterocycles. The summed E-state index contributed by atoms with van der Waals surface area (Å²) in [6, 6.07) is 3.98. The van der Waals surface area contributed by atoms with Gasteiger partial charge >= 0.3 is 0 Å². The van der Waals surface area contributed by atoms with E-state index in [9.17, 15) is 5.11 Å². The molecule has 0 bridgehead atoms. The first kappa shape index (κ1) is 9.20. The standard InChI is InChI=1S/C10H15NO/c1-2-10(12)4-3-9-5-7-11-8-6-9/h5-8,10,12H,2-4H2,1H3/t10-/m1/s1. The highest BCUT2D eigenvalue weighted by molar-refractivity contribution is 5.09. The molecule has 0 radical (unpaired) electrons. The summed E-state index contributed by atoms with van der Waals surface area (Å²) in [5.74, 6) is 0. The summed E-state index contributed by atoms with van der Waals surface area (Å²) in [4.78, 5) is 3.93. The molecule has 1 aromatic rings. The number of nitrogens with zero attached hydrogens (tertiary/aromatic N) is 1. The van der Waals surface area contributed by atoms with Crippen LogP contribution in [0.1, 0.15) is 25.3 Å². The maximum absolute atomic E-state index is 9.30. The molecule has 0 aromatic carbocycles. The first-order chi connectivity index (χ1) is 5.83. The third-order valence-corrected chi connectivity index (χ3v) is 1.99. The highest BCUT2D eigenvalue weighted by Crippen LogP contribution is 2.05. The first-order valence-electron chi connectivity index (χ1n) is 4.40. The van der Waals surface area contributed by atoms with E-state index in [0.29, 0.717) is 0 Å². The average Bonchev–Trinajstić information content (AvgIpc) is 2.16. The zero-order chi connectivity index (χ0) is 8.81. The molecule has 1 N–H and O–H groups in total. The van der Waals surface area contributed by atoms with Crippen molar-refractivity contribution in [2.45, 2.75) is 32.3 Å². The van der Waals surface area contributed by atoms with Crippen LogP contribution in [0, 0.1) is 0 Å². The number of aliphatic hydroxyl groups is 1. The lowest BCUT2D eigenvalue weighted by molar-refractivity contribution is 0.160. The Morgan fingerprint density at radius 3 is 2.67 bits per heavy atom. The van der Waals surface area contributed by atoms with E-state index < -0.39 is 0 Å². The SMILES string of the molecule is CC[C@@H](O)CCc1ccncc1. The van der Waals surface area contributed by atoms with Crippen molar-refractivity contribution in [3.05, 3.63) is 30.1 Å². The maximum Gasteiger partial charge on any atom is 0.0540 e. The van der Waals surface area contributed by atoms with Gasteiger partial charge in [-0.3, -0.25) is 4.98 Å². The van der Waals surface area contributed by atoms with E-state index >= 15 is 0 Å². The summed E-state index contributed by atoms with van der Waals surface area (Å²) in [6.45, 7) is 2.00. The largest absolute Gasteiger partial charge is 0.393 e. The molecule has 0 aliphatic rings. The van der Waals surface area contributed by atoms with Crippen LogP contribution in [0.2, 0.25) is 0 Å². The van der Waals surface area contributed by atoms with E-state index in [0.717, 1.165) is 19.3 Å². The molecule has 0 saturated carbocycles. The number of aromatic nitrogens is 1. The summed E-state index contributed by atoms with van der Waals surface area (Å²) in [5.41, 5.74) is 1.25. The van der Waals surface area contributed by atoms with Crippen LogP contribution in [0.3, 0.4) is 0 Å². The van der Waals surface area contributed by atoms with Gasteiger partial charge in [0.1, 0.15) is 0 Å². The van der Waals surface area contributed by atoms with Crippen molar-refractivity contribution in [2.24, 2.45) is 0 Å². The molecule has 1 aromatic heterocycles. The topological polar surface area (TPSA) is 33.1 Å². The van der Waals surface area contributed by atoms with Crippen LogP contribution in [0.5, 0.6) is 0 Å². The van der Waals surface area contributed by atoms with Gasteiger partial charge in [0.15, 0.2) is 0 Å². The molecule has 2 nitrogen and oxygen atoms in total. The summed E-state index contributed by atoms with van der Waals surface area (Å²) >= 11 is 0. The van der Waals surface area contributed by atoms with Crippen LogP contribution < -0.4 is 0 Å². The zero-order valence-electron chi connectivity index (χ0n) is 7.40. The maximum atomic E-state index is 9.30. The van der Waals surface area contributed by atoms with Crippen molar-refractivity contribution in [2.75, 3.05) is 0 Å². The average molecular weight is 165 g/mol. The van der Waals surface area contributed by atoms with Crippen LogP contribution in [0.25, 0.3) is 0 Å². The molecular formula is C10H15NO. The van der Waals surface area contributed by atoms with E-state index in [4.69, 9.17) is 0 Å². The fraction of sp³-hybridized carbons (Fsp3) is 0.500. The molecule has 1 heterocycles. The van der Waals surface area contributed by atoms with E-state index in [-0.39, 0.29) is 6.10 Å². The van der Waals surface area contributed by atoms with Crippen LogP contribution in [-0.4, -0.2) is 16.2 Å². The Kier molecular flexibility index (Phi) is 3.74. The Hall–Kier alpha value is -0.890. The second-order valence-electron chi connectivity index (χ2n) is 2.96. The summed E-state index contributed by atoms with van der Waals surface area (Å²) in [6.07, 6.45) is 6.04. The summed E-state index contributed by atoms with van der Waals surface area (Å²) in [7, 11) is 0. The molecule has 1 rings (SSSR count). The van der Waals surface area contributed by atoms with Gasteiger partial charge in [0.25, 0.3) is 0 Å². The molecule has 0 unspecified atom stereocenters. The van der Waals surface area contributed by atoms with Crippen LogP contribution in [0.15, 0.2) is 24.5 Å². The number of aliphatic hydroxyl groups excluding tert-OH is 1. The van der Waals surface area contributed by atoms with Crippen molar-refractivity contribution in [3.8, 4) is 0 Å². The van der Waals surface area contributed by atoms with Gasteiger partial charge < -0.3 is 5.11 Å². The molecule has 66 valence electrons. The molecule has 1 atom stereocenters. The lowest BCUT2D eigenvalue weighted by atomic mass is 10.1. The van der Waals surface area contributed by atoms with E-state index in [1.54, 1.807) is 12.4 Å². The number of hydrogen-bond donors (Lipinski definition) is 1. The predicted octanol–water partition coefficient (Wildman–Crippen LogP) is 1.79. The van der Waals surface area contributed by atoms with Gasteiger partial charge in [-0.1, -0.05) is 6.92 Å². The smallest absolute Gasteiger partial charge is 0.0540 e.